The molecule has 0 unspecified atom stereocenters. The van der Waals surface area contributed by atoms with Gasteiger partial charge in [-0.15, -0.1) is 24.0 Å². The predicted molar refractivity (Wildman–Crippen MR) is 129 cm³/mol. The molecule has 7 nitrogen and oxygen atoms in total. The summed E-state index contributed by atoms with van der Waals surface area (Å²) in [6.07, 6.45) is 3.20. The van der Waals surface area contributed by atoms with E-state index in [0.717, 1.165) is 42.8 Å². The van der Waals surface area contributed by atoms with E-state index in [2.05, 4.69) is 36.5 Å². The molecule has 9 heteroatoms. The van der Waals surface area contributed by atoms with Gasteiger partial charge in [0.2, 0.25) is 0 Å². The summed E-state index contributed by atoms with van der Waals surface area (Å²) in [6, 6.07) is 11.4. The lowest BCUT2D eigenvalue weighted by molar-refractivity contribution is 0.0954. The molecule has 29 heavy (non-hydrogen) atoms. The number of anilines is 1. The second-order valence-electron chi connectivity index (χ2n) is 6.43. The van der Waals surface area contributed by atoms with Crippen LogP contribution in [0.3, 0.4) is 0 Å². The number of piperazine rings is 1. The third kappa shape index (κ3) is 6.74. The highest BCUT2D eigenvalue weighted by Gasteiger charge is 2.19. The minimum Gasteiger partial charge on any atom is -0.368 e. The van der Waals surface area contributed by atoms with Crippen LogP contribution >= 0.6 is 35.6 Å². The van der Waals surface area contributed by atoms with E-state index in [1.807, 2.05) is 18.2 Å². The van der Waals surface area contributed by atoms with Crippen LogP contribution in [-0.2, 0) is 0 Å². The summed E-state index contributed by atoms with van der Waals surface area (Å²) in [4.78, 5) is 24.9. The van der Waals surface area contributed by atoms with Crippen molar-refractivity contribution in [3.8, 4) is 0 Å². The standard InChI is InChI=1S/C20H25ClN6O.HI/c1-22-20(25-9-8-24-19(28)16-4-3-7-23-15-16)27-12-10-26(11-13-27)18-6-2-5-17(21)14-18;/h2-7,14-15H,8-13H2,1H3,(H,22,25)(H,24,28);1H. The molecule has 2 heterocycles. The summed E-state index contributed by atoms with van der Waals surface area (Å²) in [5.41, 5.74) is 1.71. The number of pyridine rings is 1. The number of benzene rings is 1. The lowest BCUT2D eigenvalue weighted by Gasteiger charge is -2.37. The smallest absolute Gasteiger partial charge is 0.252 e. The third-order valence-corrected chi connectivity index (χ3v) is 4.82. The molecule has 1 amide bonds. The molecule has 1 aromatic carbocycles. The van der Waals surface area contributed by atoms with Crippen LogP contribution in [0.5, 0.6) is 0 Å². The molecule has 0 radical (unpaired) electrons. The zero-order chi connectivity index (χ0) is 19.8. The predicted octanol–water partition coefficient (Wildman–Crippen LogP) is 2.48. The zero-order valence-corrected chi connectivity index (χ0v) is 19.4. The average molecular weight is 529 g/mol. The van der Waals surface area contributed by atoms with Crippen LogP contribution in [0.15, 0.2) is 53.8 Å². The van der Waals surface area contributed by atoms with E-state index in [1.165, 1.54) is 0 Å². The summed E-state index contributed by atoms with van der Waals surface area (Å²) in [7, 11) is 1.78. The fraction of sp³-hybridized carbons (Fsp3) is 0.350. The van der Waals surface area contributed by atoms with Crippen molar-refractivity contribution >= 4 is 53.1 Å². The van der Waals surface area contributed by atoms with E-state index < -0.39 is 0 Å². The van der Waals surface area contributed by atoms with Gasteiger partial charge in [-0.25, -0.2) is 0 Å². The Morgan fingerprint density at radius 2 is 1.90 bits per heavy atom. The van der Waals surface area contributed by atoms with E-state index in [4.69, 9.17) is 11.6 Å². The van der Waals surface area contributed by atoms with E-state index in [0.29, 0.717) is 18.7 Å². The Kier molecular flexibility index (Phi) is 9.46. The van der Waals surface area contributed by atoms with Gasteiger partial charge in [0.15, 0.2) is 5.96 Å². The number of amides is 1. The van der Waals surface area contributed by atoms with Gasteiger partial charge in [0.05, 0.1) is 5.56 Å². The van der Waals surface area contributed by atoms with Crippen LogP contribution in [0.2, 0.25) is 5.02 Å². The lowest BCUT2D eigenvalue weighted by atomic mass is 10.2. The van der Waals surface area contributed by atoms with E-state index in [9.17, 15) is 4.79 Å². The number of carbonyl (C=O) groups is 1. The van der Waals surface area contributed by atoms with Crippen molar-refractivity contribution in [2.45, 2.75) is 0 Å². The first kappa shape index (κ1) is 23.2. The SMILES string of the molecule is CN=C(NCCNC(=O)c1cccnc1)N1CCN(c2cccc(Cl)c2)CC1.I. The van der Waals surface area contributed by atoms with Gasteiger partial charge in [0, 0.05) is 69.4 Å². The fourth-order valence-electron chi connectivity index (χ4n) is 3.13. The fourth-order valence-corrected chi connectivity index (χ4v) is 3.32. The molecule has 2 aromatic rings. The maximum Gasteiger partial charge on any atom is 0.252 e. The van der Waals surface area contributed by atoms with Crippen LogP contribution in [0.25, 0.3) is 0 Å². The molecule has 1 fully saturated rings. The molecule has 0 atom stereocenters. The molecule has 1 aromatic heterocycles. The highest BCUT2D eigenvalue weighted by atomic mass is 127. The van der Waals surface area contributed by atoms with Crippen molar-refractivity contribution in [2.24, 2.45) is 4.99 Å². The average Bonchev–Trinajstić information content (AvgIpc) is 2.74. The number of aromatic nitrogens is 1. The summed E-state index contributed by atoms with van der Waals surface area (Å²) in [5, 5.41) is 6.95. The van der Waals surface area contributed by atoms with Crippen LogP contribution < -0.4 is 15.5 Å². The zero-order valence-electron chi connectivity index (χ0n) is 16.3. The third-order valence-electron chi connectivity index (χ3n) is 4.58. The first-order chi connectivity index (χ1) is 13.7. The van der Waals surface area contributed by atoms with E-state index in [-0.39, 0.29) is 29.9 Å². The molecule has 156 valence electrons. The summed E-state index contributed by atoms with van der Waals surface area (Å²) >= 11 is 6.10. The number of rotatable bonds is 5. The second kappa shape index (κ2) is 11.8. The number of aliphatic imine (C=N–C) groups is 1. The molecule has 1 saturated heterocycles. The Balaban J connectivity index is 0.00000300. The van der Waals surface area contributed by atoms with E-state index >= 15 is 0 Å². The highest BCUT2D eigenvalue weighted by Crippen LogP contribution is 2.20. The molecule has 1 aliphatic heterocycles. The molecule has 0 spiro atoms. The lowest BCUT2D eigenvalue weighted by Crippen LogP contribution is -2.53. The van der Waals surface area contributed by atoms with Crippen molar-refractivity contribution in [1.29, 1.82) is 0 Å². The van der Waals surface area contributed by atoms with Gasteiger partial charge < -0.3 is 20.4 Å². The molecule has 0 saturated carbocycles. The first-order valence-corrected chi connectivity index (χ1v) is 9.69. The molecule has 1 aliphatic rings. The largest absolute Gasteiger partial charge is 0.368 e. The summed E-state index contributed by atoms with van der Waals surface area (Å²) in [6.45, 7) is 4.66. The number of nitrogens with one attached hydrogen (secondary N) is 2. The number of hydrogen-bond donors (Lipinski definition) is 2. The quantitative estimate of drug-likeness (QED) is 0.270. The first-order valence-electron chi connectivity index (χ1n) is 9.31. The molecule has 0 bridgehead atoms. The number of hydrogen-bond acceptors (Lipinski definition) is 4. The Hall–Kier alpha value is -2.07. The maximum atomic E-state index is 12.0. The van der Waals surface area contributed by atoms with Crippen molar-refractivity contribution in [3.63, 3.8) is 0 Å². The Labute approximate surface area is 193 Å². The summed E-state index contributed by atoms with van der Waals surface area (Å²) in [5.74, 6) is 0.724. The van der Waals surface area contributed by atoms with Gasteiger partial charge in [-0.2, -0.15) is 0 Å². The van der Waals surface area contributed by atoms with Gasteiger partial charge in [0.1, 0.15) is 0 Å². The van der Waals surface area contributed by atoms with Gasteiger partial charge in [0.25, 0.3) is 5.91 Å². The van der Waals surface area contributed by atoms with Gasteiger partial charge in [-0.3, -0.25) is 14.8 Å². The van der Waals surface area contributed by atoms with Crippen LogP contribution in [0, 0.1) is 0 Å². The maximum absolute atomic E-state index is 12.0. The molecule has 2 N–H and O–H groups in total. The van der Waals surface area contributed by atoms with Crippen LogP contribution in [0.1, 0.15) is 10.4 Å². The number of nitrogens with zero attached hydrogens (tertiary/aromatic N) is 4. The van der Waals surface area contributed by atoms with Crippen LogP contribution in [0.4, 0.5) is 5.69 Å². The Bertz CT molecular complexity index is 812. The topological polar surface area (TPSA) is 72.9 Å². The van der Waals surface area contributed by atoms with Crippen molar-refractivity contribution in [2.75, 3.05) is 51.2 Å². The molecular formula is C20H26ClIN6O. The minimum atomic E-state index is -0.125. The summed E-state index contributed by atoms with van der Waals surface area (Å²) < 4.78 is 0. The number of carbonyl (C=O) groups excluding carboxylic acids is 1. The Morgan fingerprint density at radius 3 is 2.55 bits per heavy atom. The monoisotopic (exact) mass is 528 g/mol. The molecule has 0 aliphatic carbocycles. The highest BCUT2D eigenvalue weighted by molar-refractivity contribution is 14.0. The van der Waals surface area contributed by atoms with Gasteiger partial charge in [-0.1, -0.05) is 17.7 Å². The van der Waals surface area contributed by atoms with Crippen molar-refractivity contribution in [3.05, 3.63) is 59.4 Å². The second-order valence-corrected chi connectivity index (χ2v) is 6.86. The van der Waals surface area contributed by atoms with Crippen molar-refractivity contribution in [1.82, 2.24) is 20.5 Å². The molecular weight excluding hydrogens is 503 g/mol. The minimum absolute atomic E-state index is 0. The van der Waals surface area contributed by atoms with Gasteiger partial charge >= 0.3 is 0 Å². The van der Waals surface area contributed by atoms with Crippen molar-refractivity contribution < 1.29 is 4.79 Å². The molecule has 3 rings (SSSR count). The number of halogens is 2. The normalized spacial score (nSPS) is 14.2. The van der Waals surface area contributed by atoms with Crippen LogP contribution in [-0.4, -0.2) is 68.1 Å². The Morgan fingerprint density at radius 1 is 1.14 bits per heavy atom. The van der Waals surface area contributed by atoms with E-state index in [1.54, 1.807) is 31.6 Å². The number of guanidine groups is 1. The van der Waals surface area contributed by atoms with Gasteiger partial charge in [-0.05, 0) is 30.3 Å².